The van der Waals surface area contributed by atoms with E-state index in [1.165, 1.54) is 0 Å². The molecular formula is C9H12O3. The lowest BCUT2D eigenvalue weighted by Crippen LogP contribution is -2.08. The van der Waals surface area contributed by atoms with Gasteiger partial charge in [-0.15, -0.1) is 0 Å². The average molecular weight is 168 g/mol. The maximum absolute atomic E-state index is 11.2. The zero-order valence-electron chi connectivity index (χ0n) is 7.08. The van der Waals surface area contributed by atoms with Crippen LogP contribution in [0.5, 0.6) is 0 Å². The van der Waals surface area contributed by atoms with Crippen LogP contribution in [0.1, 0.15) is 19.8 Å². The van der Waals surface area contributed by atoms with E-state index in [0.717, 1.165) is 19.1 Å². The van der Waals surface area contributed by atoms with Gasteiger partial charge in [-0.25, -0.2) is 0 Å². The molecule has 0 aromatic heterocycles. The monoisotopic (exact) mass is 168 g/mol. The van der Waals surface area contributed by atoms with Crippen LogP contribution in [-0.4, -0.2) is 18.9 Å². The molecule has 12 heavy (non-hydrogen) atoms. The molecule has 0 saturated heterocycles. The lowest BCUT2D eigenvalue weighted by molar-refractivity contribution is -0.145. The molecule has 2 saturated carbocycles. The van der Waals surface area contributed by atoms with E-state index >= 15 is 0 Å². The molecule has 2 fully saturated rings. The summed E-state index contributed by atoms with van der Waals surface area (Å²) < 4.78 is 4.88. The molecule has 3 unspecified atom stereocenters. The third-order valence-electron chi connectivity index (χ3n) is 3.03. The lowest BCUT2D eigenvalue weighted by Gasteiger charge is -1.98. The van der Waals surface area contributed by atoms with Crippen molar-refractivity contribution in [3.05, 3.63) is 0 Å². The molecule has 2 aliphatic rings. The molecule has 1 spiro atoms. The predicted molar refractivity (Wildman–Crippen MR) is 41.3 cm³/mol. The Hall–Kier alpha value is -0.860. The first-order valence-electron chi connectivity index (χ1n) is 4.36. The molecule has 3 heteroatoms. The smallest absolute Gasteiger partial charge is 0.309 e. The zero-order chi connectivity index (χ0) is 8.77. The van der Waals surface area contributed by atoms with Gasteiger partial charge in [-0.3, -0.25) is 4.79 Å². The number of ether oxygens (including phenoxy) is 1. The van der Waals surface area contributed by atoms with Gasteiger partial charge in [-0.1, -0.05) is 0 Å². The van der Waals surface area contributed by atoms with Gasteiger partial charge < -0.3 is 9.53 Å². The highest BCUT2D eigenvalue weighted by Crippen LogP contribution is 2.74. The third kappa shape index (κ3) is 0.886. The van der Waals surface area contributed by atoms with Gasteiger partial charge >= 0.3 is 5.97 Å². The van der Waals surface area contributed by atoms with E-state index < -0.39 is 0 Å². The molecule has 0 aliphatic heterocycles. The van der Waals surface area contributed by atoms with Gasteiger partial charge in [0.15, 0.2) is 0 Å². The van der Waals surface area contributed by atoms with Crippen LogP contribution < -0.4 is 0 Å². The molecule has 3 nitrogen and oxygen atoms in total. The maximum Gasteiger partial charge on any atom is 0.309 e. The van der Waals surface area contributed by atoms with Gasteiger partial charge in [-0.05, 0) is 25.2 Å². The third-order valence-corrected chi connectivity index (χ3v) is 3.03. The Morgan fingerprint density at radius 2 is 2.42 bits per heavy atom. The first-order chi connectivity index (χ1) is 5.74. The molecular weight excluding hydrogens is 156 g/mol. The number of esters is 1. The Kier molecular flexibility index (Phi) is 1.50. The van der Waals surface area contributed by atoms with Crippen LogP contribution in [0.25, 0.3) is 0 Å². The maximum atomic E-state index is 11.2. The summed E-state index contributed by atoms with van der Waals surface area (Å²) in [6, 6.07) is 0. The quantitative estimate of drug-likeness (QED) is 0.462. The Morgan fingerprint density at radius 1 is 1.67 bits per heavy atom. The molecule has 0 bridgehead atoms. The van der Waals surface area contributed by atoms with Crippen LogP contribution in [0.4, 0.5) is 0 Å². The van der Waals surface area contributed by atoms with Gasteiger partial charge in [0.05, 0.1) is 12.5 Å². The summed E-state index contributed by atoms with van der Waals surface area (Å²) in [5, 5.41) is 0. The Morgan fingerprint density at radius 3 is 2.92 bits per heavy atom. The van der Waals surface area contributed by atoms with Crippen LogP contribution in [0.15, 0.2) is 0 Å². The van der Waals surface area contributed by atoms with Crippen molar-refractivity contribution in [1.82, 2.24) is 0 Å². The van der Waals surface area contributed by atoms with E-state index in [0.29, 0.717) is 6.61 Å². The topological polar surface area (TPSA) is 43.4 Å². The second-order valence-electron chi connectivity index (χ2n) is 3.69. The minimum Gasteiger partial charge on any atom is -0.466 e. The van der Waals surface area contributed by atoms with Crippen molar-refractivity contribution in [2.24, 2.45) is 17.3 Å². The number of carbonyl (C=O) groups is 2. The SMILES string of the molecule is CCOC(=O)C1CC12CC2C=O. The fraction of sp³-hybridized carbons (Fsp3) is 0.778. The summed E-state index contributed by atoms with van der Waals surface area (Å²) in [7, 11) is 0. The van der Waals surface area contributed by atoms with Crippen molar-refractivity contribution in [1.29, 1.82) is 0 Å². The summed E-state index contributed by atoms with van der Waals surface area (Å²) in [4.78, 5) is 21.6. The summed E-state index contributed by atoms with van der Waals surface area (Å²) in [5.41, 5.74) is 0.0635. The number of aldehydes is 1. The van der Waals surface area contributed by atoms with Crippen LogP contribution in [0, 0.1) is 17.3 Å². The van der Waals surface area contributed by atoms with Crippen LogP contribution in [-0.2, 0) is 14.3 Å². The number of hydrogen-bond acceptors (Lipinski definition) is 3. The van der Waals surface area contributed by atoms with Gasteiger partial charge in [0.25, 0.3) is 0 Å². The van der Waals surface area contributed by atoms with E-state index in [9.17, 15) is 9.59 Å². The highest BCUT2D eigenvalue weighted by molar-refractivity contribution is 5.81. The van der Waals surface area contributed by atoms with Crippen molar-refractivity contribution in [3.63, 3.8) is 0 Å². The van der Waals surface area contributed by atoms with Crippen molar-refractivity contribution in [3.8, 4) is 0 Å². The number of hydrogen-bond donors (Lipinski definition) is 0. The molecule has 0 N–H and O–H groups in total. The minimum atomic E-state index is -0.109. The lowest BCUT2D eigenvalue weighted by atomic mass is 10.2. The predicted octanol–water partition coefficient (Wildman–Crippen LogP) is 0.775. The van der Waals surface area contributed by atoms with E-state index in [2.05, 4.69) is 0 Å². The molecule has 3 atom stereocenters. The Labute approximate surface area is 71.1 Å². The Balaban J connectivity index is 1.88. The highest BCUT2D eigenvalue weighted by Gasteiger charge is 2.73. The molecule has 0 amide bonds. The average Bonchev–Trinajstić information content (AvgIpc) is 2.92. The van der Waals surface area contributed by atoms with Crippen molar-refractivity contribution >= 4 is 12.3 Å². The number of carbonyl (C=O) groups excluding carboxylic acids is 2. The minimum absolute atomic E-state index is 0.0349. The molecule has 0 aromatic rings. The summed E-state index contributed by atoms with van der Waals surface area (Å²) in [5.74, 6) is 0.0707. The largest absolute Gasteiger partial charge is 0.466 e. The van der Waals surface area contributed by atoms with E-state index in [4.69, 9.17) is 4.74 Å². The normalized spacial score (nSPS) is 42.4. The molecule has 2 aliphatic carbocycles. The van der Waals surface area contributed by atoms with E-state index in [-0.39, 0.29) is 23.2 Å². The summed E-state index contributed by atoms with van der Waals surface area (Å²) in [6.45, 7) is 2.24. The fourth-order valence-corrected chi connectivity index (χ4v) is 2.05. The van der Waals surface area contributed by atoms with Gasteiger partial charge in [0.2, 0.25) is 0 Å². The highest BCUT2D eigenvalue weighted by atomic mass is 16.5. The van der Waals surface area contributed by atoms with Gasteiger partial charge in [0.1, 0.15) is 6.29 Å². The van der Waals surface area contributed by atoms with Gasteiger partial charge in [-0.2, -0.15) is 0 Å². The van der Waals surface area contributed by atoms with Crippen LogP contribution in [0.2, 0.25) is 0 Å². The van der Waals surface area contributed by atoms with Crippen molar-refractivity contribution < 1.29 is 14.3 Å². The van der Waals surface area contributed by atoms with Crippen molar-refractivity contribution in [2.45, 2.75) is 19.8 Å². The first-order valence-corrected chi connectivity index (χ1v) is 4.36. The standard InChI is InChI=1S/C9H12O3/c1-2-12-8(11)7-4-9(7)3-6(9)5-10/h5-7H,2-4H2,1H3. The molecule has 66 valence electrons. The van der Waals surface area contributed by atoms with Crippen LogP contribution >= 0.6 is 0 Å². The second kappa shape index (κ2) is 2.31. The molecule has 0 aromatic carbocycles. The Bertz CT molecular complexity index is 236. The molecule has 0 heterocycles. The summed E-state index contributed by atoms with van der Waals surface area (Å²) >= 11 is 0. The fourth-order valence-electron chi connectivity index (χ4n) is 2.05. The van der Waals surface area contributed by atoms with E-state index in [1.54, 1.807) is 6.92 Å². The van der Waals surface area contributed by atoms with E-state index in [1.807, 2.05) is 0 Å². The summed E-state index contributed by atoms with van der Waals surface area (Å²) in [6.07, 6.45) is 2.74. The first kappa shape index (κ1) is 7.77. The molecule has 0 radical (unpaired) electrons. The van der Waals surface area contributed by atoms with Crippen molar-refractivity contribution in [2.75, 3.05) is 6.61 Å². The van der Waals surface area contributed by atoms with Crippen LogP contribution in [0.3, 0.4) is 0 Å². The number of rotatable bonds is 3. The zero-order valence-corrected chi connectivity index (χ0v) is 7.08. The molecule has 2 rings (SSSR count). The second-order valence-corrected chi connectivity index (χ2v) is 3.69. The van der Waals surface area contributed by atoms with Gasteiger partial charge in [0, 0.05) is 5.92 Å².